The number of rotatable bonds is 7. The Morgan fingerprint density at radius 2 is 2.00 bits per heavy atom. The van der Waals surface area contributed by atoms with Crippen LogP contribution in [0.4, 0.5) is 4.39 Å². The minimum atomic E-state index is -0.208. The van der Waals surface area contributed by atoms with Crippen molar-refractivity contribution < 1.29 is 9.18 Å². The molecular weight excluding hydrogens is 339 g/mol. The molecule has 1 N–H and O–H groups in total. The van der Waals surface area contributed by atoms with Crippen molar-refractivity contribution in [1.82, 2.24) is 10.2 Å². The van der Waals surface area contributed by atoms with Gasteiger partial charge in [-0.15, -0.1) is 0 Å². The third kappa shape index (κ3) is 6.17. The van der Waals surface area contributed by atoms with E-state index in [0.717, 1.165) is 57.4 Å². The summed E-state index contributed by atoms with van der Waals surface area (Å²) in [4.78, 5) is 14.8. The van der Waals surface area contributed by atoms with E-state index in [1.54, 1.807) is 0 Å². The fraction of sp³-hybridized carbons (Fsp3) is 0.435. The van der Waals surface area contributed by atoms with Gasteiger partial charge >= 0.3 is 0 Å². The third-order valence-electron chi connectivity index (χ3n) is 5.22. The Bertz CT molecular complexity index is 744. The maximum absolute atomic E-state index is 13.0. The standard InChI is InChI=1S/C23H29FN2O/c1-18-5-2-6-19(15-18)7-3-13-25-23(27)21-8-4-14-26(17-21)16-20-9-11-22(24)12-10-20/h2,5-6,9-12,15,21H,3-4,7-8,13-14,16-17H2,1H3,(H,25,27). The zero-order chi connectivity index (χ0) is 19.1. The van der Waals surface area contributed by atoms with Gasteiger partial charge in [-0.25, -0.2) is 4.39 Å². The van der Waals surface area contributed by atoms with Crippen LogP contribution in [0.25, 0.3) is 0 Å². The Morgan fingerprint density at radius 3 is 2.78 bits per heavy atom. The van der Waals surface area contributed by atoms with Crippen molar-refractivity contribution in [3.8, 4) is 0 Å². The average Bonchev–Trinajstić information content (AvgIpc) is 2.67. The van der Waals surface area contributed by atoms with Crippen LogP contribution in [0.15, 0.2) is 48.5 Å². The number of aryl methyl sites for hydroxylation is 2. The van der Waals surface area contributed by atoms with Gasteiger partial charge in [0, 0.05) is 19.6 Å². The van der Waals surface area contributed by atoms with Gasteiger partial charge in [-0.2, -0.15) is 0 Å². The number of piperidine rings is 1. The zero-order valence-corrected chi connectivity index (χ0v) is 16.1. The summed E-state index contributed by atoms with van der Waals surface area (Å²) in [5.41, 5.74) is 3.70. The van der Waals surface area contributed by atoms with Crippen molar-refractivity contribution in [3.05, 3.63) is 71.0 Å². The molecule has 1 amide bonds. The maximum Gasteiger partial charge on any atom is 0.224 e. The Morgan fingerprint density at radius 1 is 1.19 bits per heavy atom. The number of benzene rings is 2. The molecule has 4 heteroatoms. The predicted molar refractivity (Wildman–Crippen MR) is 107 cm³/mol. The molecule has 3 rings (SSSR count). The topological polar surface area (TPSA) is 32.3 Å². The number of amides is 1. The lowest BCUT2D eigenvalue weighted by molar-refractivity contribution is -0.126. The van der Waals surface area contributed by atoms with E-state index in [0.29, 0.717) is 0 Å². The number of hydrogen-bond acceptors (Lipinski definition) is 2. The molecule has 0 bridgehead atoms. The predicted octanol–water partition coefficient (Wildman–Crippen LogP) is 4.10. The van der Waals surface area contributed by atoms with E-state index >= 15 is 0 Å². The highest BCUT2D eigenvalue weighted by molar-refractivity contribution is 5.78. The van der Waals surface area contributed by atoms with E-state index in [2.05, 4.69) is 41.4 Å². The molecule has 2 aromatic carbocycles. The third-order valence-corrected chi connectivity index (χ3v) is 5.22. The first-order valence-corrected chi connectivity index (χ1v) is 9.90. The van der Waals surface area contributed by atoms with E-state index < -0.39 is 0 Å². The van der Waals surface area contributed by atoms with Crippen molar-refractivity contribution in [3.63, 3.8) is 0 Å². The quantitative estimate of drug-likeness (QED) is 0.747. The van der Waals surface area contributed by atoms with Gasteiger partial charge < -0.3 is 5.32 Å². The molecular formula is C23H29FN2O. The van der Waals surface area contributed by atoms with E-state index in [-0.39, 0.29) is 17.6 Å². The number of nitrogens with zero attached hydrogens (tertiary/aromatic N) is 1. The largest absolute Gasteiger partial charge is 0.356 e. The molecule has 1 aliphatic rings. The molecule has 1 aliphatic heterocycles. The van der Waals surface area contributed by atoms with Crippen LogP contribution in [-0.4, -0.2) is 30.4 Å². The number of carbonyl (C=O) groups excluding carboxylic acids is 1. The van der Waals surface area contributed by atoms with Crippen molar-refractivity contribution in [2.75, 3.05) is 19.6 Å². The summed E-state index contributed by atoms with van der Waals surface area (Å²) in [6.45, 7) is 5.38. The first kappa shape index (κ1) is 19.6. The first-order chi connectivity index (χ1) is 13.1. The van der Waals surface area contributed by atoms with Crippen molar-refractivity contribution in [2.45, 2.75) is 39.2 Å². The summed E-state index contributed by atoms with van der Waals surface area (Å²) in [5, 5.41) is 3.11. The molecule has 144 valence electrons. The van der Waals surface area contributed by atoms with Gasteiger partial charge in [-0.1, -0.05) is 42.0 Å². The molecule has 2 aromatic rings. The van der Waals surface area contributed by atoms with Crippen LogP contribution in [0.1, 0.15) is 36.0 Å². The van der Waals surface area contributed by atoms with E-state index in [1.165, 1.54) is 23.3 Å². The molecule has 1 atom stereocenters. The summed E-state index contributed by atoms with van der Waals surface area (Å²) in [5.74, 6) is 0.0153. The van der Waals surface area contributed by atoms with Crippen molar-refractivity contribution in [2.24, 2.45) is 5.92 Å². The Kier molecular flexibility index (Phi) is 6.99. The van der Waals surface area contributed by atoms with Gasteiger partial charge in [0.15, 0.2) is 0 Å². The molecule has 27 heavy (non-hydrogen) atoms. The summed E-state index contributed by atoms with van der Waals surface area (Å²) in [6, 6.07) is 15.2. The van der Waals surface area contributed by atoms with E-state index in [9.17, 15) is 9.18 Å². The van der Waals surface area contributed by atoms with Gasteiger partial charge in [0.1, 0.15) is 5.82 Å². The molecule has 1 unspecified atom stereocenters. The summed E-state index contributed by atoms with van der Waals surface area (Å²) in [7, 11) is 0. The lowest BCUT2D eigenvalue weighted by Gasteiger charge is -2.32. The Balaban J connectivity index is 1.40. The van der Waals surface area contributed by atoms with E-state index in [4.69, 9.17) is 0 Å². The molecule has 0 spiro atoms. The van der Waals surface area contributed by atoms with Crippen LogP contribution in [0.5, 0.6) is 0 Å². The van der Waals surface area contributed by atoms with E-state index in [1.807, 2.05) is 12.1 Å². The average molecular weight is 368 g/mol. The van der Waals surface area contributed by atoms with Gasteiger partial charge in [-0.3, -0.25) is 9.69 Å². The second kappa shape index (κ2) is 9.65. The lowest BCUT2D eigenvalue weighted by Crippen LogP contribution is -2.42. The highest BCUT2D eigenvalue weighted by atomic mass is 19.1. The second-order valence-electron chi connectivity index (χ2n) is 7.58. The van der Waals surface area contributed by atoms with Crippen molar-refractivity contribution >= 4 is 5.91 Å². The fourth-order valence-corrected chi connectivity index (χ4v) is 3.78. The minimum Gasteiger partial charge on any atom is -0.356 e. The van der Waals surface area contributed by atoms with Crippen LogP contribution >= 0.6 is 0 Å². The van der Waals surface area contributed by atoms with Crippen LogP contribution in [0, 0.1) is 18.7 Å². The van der Waals surface area contributed by atoms with Gasteiger partial charge in [0.2, 0.25) is 5.91 Å². The lowest BCUT2D eigenvalue weighted by atomic mass is 9.96. The second-order valence-corrected chi connectivity index (χ2v) is 7.58. The molecule has 0 radical (unpaired) electrons. The number of halogens is 1. The smallest absolute Gasteiger partial charge is 0.224 e. The highest BCUT2D eigenvalue weighted by Crippen LogP contribution is 2.19. The normalized spacial score (nSPS) is 17.6. The van der Waals surface area contributed by atoms with Crippen molar-refractivity contribution in [1.29, 1.82) is 0 Å². The molecule has 1 heterocycles. The first-order valence-electron chi connectivity index (χ1n) is 9.90. The molecule has 0 aliphatic carbocycles. The highest BCUT2D eigenvalue weighted by Gasteiger charge is 2.25. The number of carbonyl (C=O) groups is 1. The zero-order valence-electron chi connectivity index (χ0n) is 16.1. The number of likely N-dealkylation sites (tertiary alicyclic amines) is 1. The van der Waals surface area contributed by atoms with Crippen LogP contribution in [0.2, 0.25) is 0 Å². The SMILES string of the molecule is Cc1cccc(CCCNC(=O)C2CCCN(Cc3ccc(F)cc3)C2)c1. The summed E-state index contributed by atoms with van der Waals surface area (Å²) < 4.78 is 13.0. The Labute approximate surface area is 161 Å². The molecule has 1 saturated heterocycles. The molecule has 0 aromatic heterocycles. The molecule has 3 nitrogen and oxygen atoms in total. The fourth-order valence-electron chi connectivity index (χ4n) is 3.78. The minimum absolute atomic E-state index is 0.0539. The van der Waals surface area contributed by atoms with Crippen LogP contribution in [-0.2, 0) is 17.8 Å². The van der Waals surface area contributed by atoms with Crippen LogP contribution in [0.3, 0.4) is 0 Å². The number of nitrogens with one attached hydrogen (secondary N) is 1. The van der Waals surface area contributed by atoms with Crippen LogP contribution < -0.4 is 5.32 Å². The van der Waals surface area contributed by atoms with Gasteiger partial charge in [-0.05, 0) is 62.4 Å². The summed E-state index contributed by atoms with van der Waals surface area (Å²) >= 11 is 0. The maximum atomic E-state index is 13.0. The van der Waals surface area contributed by atoms with Gasteiger partial charge in [0.05, 0.1) is 5.92 Å². The summed E-state index contributed by atoms with van der Waals surface area (Å²) in [6.07, 6.45) is 3.93. The molecule has 0 saturated carbocycles. The monoisotopic (exact) mass is 368 g/mol. The number of hydrogen-bond donors (Lipinski definition) is 1. The molecule has 1 fully saturated rings. The van der Waals surface area contributed by atoms with Gasteiger partial charge in [0.25, 0.3) is 0 Å². The Hall–Kier alpha value is -2.20.